The second-order valence-electron chi connectivity index (χ2n) is 4.00. The van der Waals surface area contributed by atoms with Gasteiger partial charge in [0, 0.05) is 22.8 Å². The molecule has 0 bridgehead atoms. The van der Waals surface area contributed by atoms with Crippen molar-refractivity contribution >= 4 is 17.6 Å². The van der Waals surface area contributed by atoms with E-state index in [1.807, 2.05) is 6.07 Å². The van der Waals surface area contributed by atoms with E-state index < -0.39 is 5.97 Å². The number of nitrogens with zero attached hydrogens (tertiary/aromatic N) is 1. The minimum Gasteiger partial charge on any atom is -0.481 e. The van der Waals surface area contributed by atoms with E-state index in [2.05, 4.69) is 4.98 Å². The van der Waals surface area contributed by atoms with Gasteiger partial charge in [0.15, 0.2) is 0 Å². The van der Waals surface area contributed by atoms with E-state index in [1.165, 1.54) is 0 Å². The summed E-state index contributed by atoms with van der Waals surface area (Å²) in [5.41, 5.74) is 1.94. The summed E-state index contributed by atoms with van der Waals surface area (Å²) < 4.78 is 10.1. The number of hydrogen-bond donors (Lipinski definition) is 0. The number of ether oxygens (including phenoxy) is 2. The summed E-state index contributed by atoms with van der Waals surface area (Å²) >= 11 is 5.95. The molecule has 4 nitrogen and oxygen atoms in total. The molecule has 0 aliphatic carbocycles. The second kappa shape index (κ2) is 6.39. The van der Waals surface area contributed by atoms with Crippen LogP contribution in [0.5, 0.6) is 5.88 Å². The number of methoxy groups -OCH3 is 1. The van der Waals surface area contributed by atoms with E-state index >= 15 is 0 Å². The Morgan fingerprint density at radius 2 is 2.10 bits per heavy atom. The van der Waals surface area contributed by atoms with Crippen LogP contribution in [0.15, 0.2) is 36.5 Å². The van der Waals surface area contributed by atoms with Crippen LogP contribution in [-0.2, 0) is 4.74 Å². The van der Waals surface area contributed by atoms with Gasteiger partial charge >= 0.3 is 5.97 Å². The van der Waals surface area contributed by atoms with Crippen molar-refractivity contribution in [1.82, 2.24) is 4.98 Å². The van der Waals surface area contributed by atoms with Crippen LogP contribution in [0.25, 0.3) is 11.1 Å². The van der Waals surface area contributed by atoms with Crippen molar-refractivity contribution in [3.8, 4) is 17.0 Å². The van der Waals surface area contributed by atoms with Crippen LogP contribution in [0.2, 0.25) is 5.02 Å². The Hall–Kier alpha value is -2.07. The van der Waals surface area contributed by atoms with E-state index in [4.69, 9.17) is 21.1 Å². The molecule has 0 N–H and O–H groups in total. The SMILES string of the molecule is CCOC(=O)c1cc(Cl)ccc1-c1ccc(OC)nc1. The molecule has 0 saturated carbocycles. The molecule has 0 atom stereocenters. The highest BCUT2D eigenvalue weighted by Gasteiger charge is 2.15. The lowest BCUT2D eigenvalue weighted by Gasteiger charge is -2.09. The lowest BCUT2D eigenvalue weighted by atomic mass is 10.0. The summed E-state index contributed by atoms with van der Waals surface area (Å²) in [5.74, 6) is 0.112. The first-order chi connectivity index (χ1) is 9.65. The summed E-state index contributed by atoms with van der Waals surface area (Å²) in [5, 5.41) is 0.485. The molecule has 0 saturated heterocycles. The molecule has 1 aromatic carbocycles. The predicted octanol–water partition coefficient (Wildman–Crippen LogP) is 3.59. The zero-order valence-corrected chi connectivity index (χ0v) is 12.0. The highest BCUT2D eigenvalue weighted by atomic mass is 35.5. The van der Waals surface area contributed by atoms with E-state index in [0.29, 0.717) is 23.1 Å². The Balaban J connectivity index is 2.46. The number of carbonyl (C=O) groups excluding carboxylic acids is 1. The molecule has 1 aromatic heterocycles. The second-order valence-corrected chi connectivity index (χ2v) is 4.44. The van der Waals surface area contributed by atoms with Crippen LogP contribution >= 0.6 is 11.6 Å². The van der Waals surface area contributed by atoms with Crippen molar-refractivity contribution in [2.75, 3.05) is 13.7 Å². The third-order valence-corrected chi connectivity index (χ3v) is 2.97. The van der Waals surface area contributed by atoms with Gasteiger partial charge in [-0.2, -0.15) is 0 Å². The van der Waals surface area contributed by atoms with Crippen LogP contribution in [-0.4, -0.2) is 24.7 Å². The molecule has 0 unspecified atom stereocenters. The largest absolute Gasteiger partial charge is 0.481 e. The fraction of sp³-hybridized carbons (Fsp3) is 0.200. The molecule has 0 aliphatic heterocycles. The minimum atomic E-state index is -0.402. The van der Waals surface area contributed by atoms with Gasteiger partial charge in [-0.25, -0.2) is 9.78 Å². The molecule has 2 rings (SSSR count). The molecule has 5 heteroatoms. The normalized spacial score (nSPS) is 10.2. The Bertz CT molecular complexity index is 611. The maximum absolute atomic E-state index is 12.0. The van der Waals surface area contributed by atoms with E-state index in [1.54, 1.807) is 44.5 Å². The molecule has 104 valence electrons. The average molecular weight is 292 g/mol. The molecular formula is C15H14ClNO3. The van der Waals surface area contributed by atoms with Crippen molar-refractivity contribution in [3.05, 3.63) is 47.1 Å². The zero-order valence-electron chi connectivity index (χ0n) is 11.2. The van der Waals surface area contributed by atoms with Gasteiger partial charge < -0.3 is 9.47 Å². The summed E-state index contributed by atoms with van der Waals surface area (Å²) in [7, 11) is 1.55. The van der Waals surface area contributed by atoms with Crippen LogP contribution < -0.4 is 4.74 Å². The van der Waals surface area contributed by atoms with Crippen molar-refractivity contribution in [2.24, 2.45) is 0 Å². The first kappa shape index (κ1) is 14.3. The van der Waals surface area contributed by atoms with E-state index in [-0.39, 0.29) is 0 Å². The van der Waals surface area contributed by atoms with E-state index in [9.17, 15) is 4.79 Å². The summed E-state index contributed by atoms with van der Waals surface area (Å²) in [4.78, 5) is 16.1. The molecule has 2 aromatic rings. The molecule has 0 aliphatic rings. The third-order valence-electron chi connectivity index (χ3n) is 2.73. The quantitative estimate of drug-likeness (QED) is 0.808. The third kappa shape index (κ3) is 3.08. The fourth-order valence-electron chi connectivity index (χ4n) is 1.81. The lowest BCUT2D eigenvalue weighted by Crippen LogP contribution is -2.06. The summed E-state index contributed by atoms with van der Waals surface area (Å²) in [6.45, 7) is 2.07. The highest BCUT2D eigenvalue weighted by Crippen LogP contribution is 2.27. The molecule has 0 amide bonds. The van der Waals surface area contributed by atoms with Crippen LogP contribution in [0, 0.1) is 0 Å². The molecule has 20 heavy (non-hydrogen) atoms. The Labute approximate surface area is 122 Å². The van der Waals surface area contributed by atoms with Gasteiger partial charge in [-0.15, -0.1) is 0 Å². The number of carbonyl (C=O) groups is 1. The molecule has 0 spiro atoms. The molecule has 0 fully saturated rings. The number of hydrogen-bond acceptors (Lipinski definition) is 4. The maximum Gasteiger partial charge on any atom is 0.338 e. The van der Waals surface area contributed by atoms with Crippen molar-refractivity contribution < 1.29 is 14.3 Å². The summed E-state index contributed by atoms with van der Waals surface area (Å²) in [6.07, 6.45) is 1.64. The topological polar surface area (TPSA) is 48.4 Å². The van der Waals surface area contributed by atoms with Crippen LogP contribution in [0.4, 0.5) is 0 Å². The first-order valence-corrected chi connectivity index (χ1v) is 6.50. The lowest BCUT2D eigenvalue weighted by molar-refractivity contribution is 0.0527. The van der Waals surface area contributed by atoms with Crippen molar-refractivity contribution in [2.45, 2.75) is 6.92 Å². The number of rotatable bonds is 4. The van der Waals surface area contributed by atoms with Gasteiger partial charge in [-0.1, -0.05) is 17.7 Å². The van der Waals surface area contributed by atoms with Gasteiger partial charge in [0.05, 0.1) is 19.3 Å². The Morgan fingerprint density at radius 1 is 1.30 bits per heavy atom. The molecule has 1 heterocycles. The Kier molecular flexibility index (Phi) is 4.58. The predicted molar refractivity (Wildman–Crippen MR) is 77.2 cm³/mol. The maximum atomic E-state index is 12.0. The zero-order chi connectivity index (χ0) is 14.5. The van der Waals surface area contributed by atoms with Crippen molar-refractivity contribution in [3.63, 3.8) is 0 Å². The number of pyridine rings is 1. The minimum absolute atomic E-state index is 0.311. The van der Waals surface area contributed by atoms with Crippen molar-refractivity contribution in [1.29, 1.82) is 0 Å². The number of halogens is 1. The molecular weight excluding hydrogens is 278 g/mol. The van der Waals surface area contributed by atoms with Gasteiger partial charge in [-0.05, 0) is 30.7 Å². The Morgan fingerprint density at radius 3 is 2.70 bits per heavy atom. The van der Waals surface area contributed by atoms with Crippen LogP contribution in [0.1, 0.15) is 17.3 Å². The number of benzene rings is 1. The standard InChI is InChI=1S/C15H14ClNO3/c1-3-20-15(18)13-8-11(16)5-6-12(13)10-4-7-14(19-2)17-9-10/h4-9H,3H2,1-2H3. The van der Waals surface area contributed by atoms with Gasteiger partial charge in [0.1, 0.15) is 0 Å². The smallest absolute Gasteiger partial charge is 0.338 e. The highest BCUT2D eigenvalue weighted by molar-refractivity contribution is 6.31. The average Bonchev–Trinajstić information content (AvgIpc) is 2.47. The summed E-state index contributed by atoms with van der Waals surface area (Å²) in [6, 6.07) is 8.66. The van der Waals surface area contributed by atoms with E-state index in [0.717, 1.165) is 11.1 Å². The van der Waals surface area contributed by atoms with Gasteiger partial charge in [-0.3, -0.25) is 0 Å². The van der Waals surface area contributed by atoms with Crippen LogP contribution in [0.3, 0.4) is 0 Å². The number of aromatic nitrogens is 1. The first-order valence-electron chi connectivity index (χ1n) is 6.12. The van der Waals surface area contributed by atoms with Gasteiger partial charge in [0.25, 0.3) is 0 Å². The number of esters is 1. The van der Waals surface area contributed by atoms with Gasteiger partial charge in [0.2, 0.25) is 5.88 Å². The molecule has 0 radical (unpaired) electrons. The fourth-order valence-corrected chi connectivity index (χ4v) is 1.98. The monoisotopic (exact) mass is 291 g/mol.